The molecule has 0 aliphatic rings. The maximum Gasteiger partial charge on any atom is 0.253 e. The normalized spacial score (nSPS) is 13.2. The Balaban J connectivity index is 3.10. The summed E-state index contributed by atoms with van der Waals surface area (Å²) in [6, 6.07) is 8.64. The Bertz CT molecular complexity index is 400. The fourth-order valence-electron chi connectivity index (χ4n) is 2.34. The van der Waals surface area contributed by atoms with Crippen LogP contribution in [0.3, 0.4) is 0 Å². The molecule has 19 heavy (non-hydrogen) atoms. The molecular weight excluding hydrogens is 253 g/mol. The van der Waals surface area contributed by atoms with Crippen molar-refractivity contribution in [1.29, 1.82) is 0 Å². The van der Waals surface area contributed by atoms with Crippen LogP contribution in [-0.4, -0.2) is 56.3 Å². The molecule has 0 bridgehead atoms. The highest BCUT2D eigenvalue weighted by atomic mass is 31.2. The Morgan fingerprint density at radius 1 is 0.789 bits per heavy atom. The van der Waals surface area contributed by atoms with E-state index < -0.39 is 7.71 Å². The smallest absolute Gasteiger partial charge is 0.151 e. The van der Waals surface area contributed by atoms with Gasteiger partial charge in [-0.25, -0.2) is 0 Å². The number of hydrogen-bond donors (Lipinski definition) is 0. The van der Waals surface area contributed by atoms with Gasteiger partial charge < -0.3 is 0 Å². The minimum atomic E-state index is -1.57. The molecule has 0 saturated heterocycles. The van der Waals surface area contributed by atoms with E-state index in [2.05, 4.69) is 99.4 Å². The van der Waals surface area contributed by atoms with Crippen molar-refractivity contribution in [3.8, 4) is 0 Å². The molecule has 3 nitrogen and oxygen atoms in total. The van der Waals surface area contributed by atoms with E-state index in [-0.39, 0.29) is 0 Å². The molecule has 0 aromatic heterocycles. The lowest BCUT2D eigenvalue weighted by Gasteiger charge is -2.37. The van der Waals surface area contributed by atoms with Crippen LogP contribution in [0, 0.1) is 6.92 Å². The Kier molecular flexibility index (Phi) is 5.69. The standard InChI is InChI=1S/C15H27N3P/c1-14-8-10-15(11-9-14)12-13-19(16(2)3,17(4)5)18(6)7/h8-13H,1-7H3/q+1/b13-12+. The zero-order valence-electron chi connectivity index (χ0n) is 13.3. The van der Waals surface area contributed by atoms with Crippen LogP contribution in [0.25, 0.3) is 6.08 Å². The van der Waals surface area contributed by atoms with E-state index in [9.17, 15) is 0 Å². The SMILES string of the molecule is Cc1ccc(/C=C/[P+](N(C)C)(N(C)C)N(C)C)cc1. The maximum atomic E-state index is 2.34. The van der Waals surface area contributed by atoms with Gasteiger partial charge in [-0.3, -0.25) is 0 Å². The summed E-state index contributed by atoms with van der Waals surface area (Å²) in [5.41, 5.74) is 2.55. The lowest BCUT2D eigenvalue weighted by molar-refractivity contribution is 0.472. The van der Waals surface area contributed by atoms with Gasteiger partial charge in [-0.1, -0.05) is 29.8 Å². The van der Waals surface area contributed by atoms with Crippen molar-refractivity contribution < 1.29 is 0 Å². The fourth-order valence-corrected chi connectivity index (χ4v) is 5.66. The highest BCUT2D eigenvalue weighted by molar-refractivity contribution is 7.72. The van der Waals surface area contributed by atoms with Gasteiger partial charge in [0.2, 0.25) is 0 Å². The van der Waals surface area contributed by atoms with Gasteiger partial charge in [-0.15, -0.1) is 0 Å². The van der Waals surface area contributed by atoms with Crippen molar-refractivity contribution in [3.05, 3.63) is 41.2 Å². The highest BCUT2D eigenvalue weighted by Gasteiger charge is 2.45. The zero-order chi connectivity index (χ0) is 14.6. The van der Waals surface area contributed by atoms with E-state index in [0.717, 1.165) is 0 Å². The van der Waals surface area contributed by atoms with Gasteiger partial charge in [-0.05, 0) is 18.6 Å². The number of hydrogen-bond acceptors (Lipinski definition) is 3. The molecule has 0 spiro atoms. The summed E-state index contributed by atoms with van der Waals surface area (Å²) < 4.78 is 6.95. The number of rotatable bonds is 5. The first-order valence-corrected chi connectivity index (χ1v) is 8.20. The molecule has 0 N–H and O–H groups in total. The first-order chi connectivity index (χ1) is 8.80. The minimum absolute atomic E-state index is 1.25. The van der Waals surface area contributed by atoms with Gasteiger partial charge in [0.1, 0.15) is 5.82 Å². The van der Waals surface area contributed by atoms with Crippen molar-refractivity contribution in [2.24, 2.45) is 0 Å². The molecule has 0 atom stereocenters. The van der Waals surface area contributed by atoms with Gasteiger partial charge in [0.25, 0.3) is 7.71 Å². The molecule has 0 aliphatic heterocycles. The zero-order valence-corrected chi connectivity index (χ0v) is 14.1. The van der Waals surface area contributed by atoms with Crippen molar-refractivity contribution in [1.82, 2.24) is 14.0 Å². The molecular formula is C15H27N3P+. The molecule has 0 saturated carbocycles. The molecule has 4 heteroatoms. The van der Waals surface area contributed by atoms with E-state index in [0.29, 0.717) is 0 Å². The highest BCUT2D eigenvalue weighted by Crippen LogP contribution is 2.65. The predicted molar refractivity (Wildman–Crippen MR) is 88.2 cm³/mol. The Morgan fingerprint density at radius 3 is 1.58 bits per heavy atom. The van der Waals surface area contributed by atoms with Gasteiger partial charge in [0.15, 0.2) is 0 Å². The third-order valence-electron chi connectivity index (χ3n) is 3.31. The second kappa shape index (κ2) is 6.62. The fraction of sp³-hybridized carbons (Fsp3) is 0.467. The number of benzene rings is 1. The van der Waals surface area contributed by atoms with E-state index in [4.69, 9.17) is 0 Å². The summed E-state index contributed by atoms with van der Waals surface area (Å²) in [4.78, 5) is 0. The minimum Gasteiger partial charge on any atom is -0.151 e. The van der Waals surface area contributed by atoms with Crippen molar-refractivity contribution >= 4 is 13.8 Å². The second-order valence-corrected chi connectivity index (χ2v) is 9.31. The average molecular weight is 280 g/mol. The quantitative estimate of drug-likeness (QED) is 0.765. The molecule has 0 unspecified atom stereocenters. The van der Waals surface area contributed by atoms with Gasteiger partial charge in [0.05, 0.1) is 0 Å². The van der Waals surface area contributed by atoms with Crippen LogP contribution in [0.2, 0.25) is 0 Å². The Labute approximate surface area is 119 Å². The summed E-state index contributed by atoms with van der Waals surface area (Å²) >= 11 is 0. The molecule has 0 amide bonds. The summed E-state index contributed by atoms with van der Waals surface area (Å²) in [5.74, 6) is 2.34. The second-order valence-electron chi connectivity index (χ2n) is 5.38. The molecule has 106 valence electrons. The molecule has 0 fully saturated rings. The summed E-state index contributed by atoms with van der Waals surface area (Å²) in [7, 11) is 11.3. The molecule has 1 aromatic carbocycles. The van der Waals surface area contributed by atoms with E-state index >= 15 is 0 Å². The van der Waals surface area contributed by atoms with Crippen molar-refractivity contribution in [2.75, 3.05) is 42.3 Å². The van der Waals surface area contributed by atoms with E-state index in [1.807, 2.05) is 0 Å². The predicted octanol–water partition coefficient (Wildman–Crippen LogP) is 3.41. The molecule has 0 aliphatic carbocycles. The Morgan fingerprint density at radius 2 is 1.21 bits per heavy atom. The first-order valence-electron chi connectivity index (χ1n) is 6.48. The third kappa shape index (κ3) is 3.64. The number of aryl methyl sites for hydroxylation is 1. The average Bonchev–Trinajstić information content (AvgIpc) is 2.30. The summed E-state index contributed by atoms with van der Waals surface area (Å²) in [5, 5.41) is 0. The lowest BCUT2D eigenvalue weighted by atomic mass is 10.2. The van der Waals surface area contributed by atoms with Crippen molar-refractivity contribution in [3.63, 3.8) is 0 Å². The lowest BCUT2D eigenvalue weighted by Crippen LogP contribution is -2.34. The van der Waals surface area contributed by atoms with Crippen LogP contribution in [0.5, 0.6) is 0 Å². The maximum absolute atomic E-state index is 2.34. The Hall–Kier alpha value is -0.730. The van der Waals surface area contributed by atoms with Crippen molar-refractivity contribution in [2.45, 2.75) is 6.92 Å². The van der Waals surface area contributed by atoms with Gasteiger partial charge in [-0.2, -0.15) is 14.0 Å². The van der Waals surface area contributed by atoms with E-state index in [1.54, 1.807) is 0 Å². The van der Waals surface area contributed by atoms with Crippen LogP contribution in [0.1, 0.15) is 11.1 Å². The van der Waals surface area contributed by atoms with Crippen LogP contribution in [0.4, 0.5) is 0 Å². The van der Waals surface area contributed by atoms with E-state index in [1.165, 1.54) is 11.1 Å². The summed E-state index contributed by atoms with van der Waals surface area (Å²) in [6.45, 7) is 2.12. The van der Waals surface area contributed by atoms with Gasteiger partial charge in [0, 0.05) is 42.3 Å². The molecule has 0 radical (unpaired) electrons. The molecule has 0 heterocycles. The van der Waals surface area contributed by atoms with Gasteiger partial charge >= 0.3 is 0 Å². The topological polar surface area (TPSA) is 9.72 Å². The van der Waals surface area contributed by atoms with Crippen LogP contribution in [0.15, 0.2) is 30.1 Å². The summed E-state index contributed by atoms with van der Waals surface area (Å²) in [6.07, 6.45) is 2.23. The van der Waals surface area contributed by atoms with Crippen LogP contribution >= 0.6 is 7.71 Å². The molecule has 1 aromatic rings. The third-order valence-corrected chi connectivity index (χ3v) is 7.39. The molecule has 1 rings (SSSR count). The first kappa shape index (κ1) is 16.3. The van der Waals surface area contributed by atoms with Crippen LogP contribution in [-0.2, 0) is 0 Å². The largest absolute Gasteiger partial charge is 0.253 e. The number of nitrogens with zero attached hydrogens (tertiary/aromatic N) is 3. The van der Waals surface area contributed by atoms with Crippen LogP contribution < -0.4 is 0 Å². The monoisotopic (exact) mass is 280 g/mol.